The van der Waals surface area contributed by atoms with Gasteiger partial charge in [-0.3, -0.25) is 4.68 Å². The summed E-state index contributed by atoms with van der Waals surface area (Å²) in [4.78, 5) is 20.2. The van der Waals surface area contributed by atoms with Crippen LogP contribution in [-0.2, 0) is 11.8 Å². The highest BCUT2D eigenvalue weighted by atomic mass is 19.3. The third-order valence-corrected chi connectivity index (χ3v) is 3.58. The molecule has 0 aliphatic rings. The molecule has 9 heteroatoms. The number of rotatable bonds is 6. The summed E-state index contributed by atoms with van der Waals surface area (Å²) in [6, 6.07) is 7.46. The van der Waals surface area contributed by atoms with Gasteiger partial charge in [-0.25, -0.2) is 23.5 Å². The molecule has 0 saturated heterocycles. The molecular formula is C16H15F2N5O2. The molecule has 0 saturated carbocycles. The number of aryl methyl sites for hydroxylation is 1. The number of nitrogens with zero attached hydrogens (tertiary/aromatic N) is 4. The van der Waals surface area contributed by atoms with Crippen molar-refractivity contribution < 1.29 is 18.3 Å². The Morgan fingerprint density at radius 2 is 2.12 bits per heavy atom. The number of aromatic nitrogens is 4. The van der Waals surface area contributed by atoms with Gasteiger partial charge in [0.25, 0.3) is 6.43 Å². The molecule has 0 radical (unpaired) electrons. The number of benzene rings is 1. The zero-order valence-corrected chi connectivity index (χ0v) is 13.3. The van der Waals surface area contributed by atoms with Crippen LogP contribution in [0.3, 0.4) is 0 Å². The van der Waals surface area contributed by atoms with Crippen molar-refractivity contribution in [3.63, 3.8) is 0 Å². The maximum Gasteiger partial charge on any atom is 0.341 e. The van der Waals surface area contributed by atoms with Gasteiger partial charge in [0.15, 0.2) is 0 Å². The number of anilines is 1. The molecule has 0 aliphatic heterocycles. The molecule has 1 aromatic carbocycles. The average molecular weight is 347 g/mol. The molecule has 0 spiro atoms. The van der Waals surface area contributed by atoms with Gasteiger partial charge in [-0.05, 0) is 12.1 Å². The molecule has 130 valence electrons. The lowest BCUT2D eigenvalue weighted by molar-refractivity contribution is 0.0508. The van der Waals surface area contributed by atoms with Crippen LogP contribution in [0.4, 0.5) is 14.6 Å². The highest BCUT2D eigenvalue weighted by Crippen LogP contribution is 2.22. The van der Waals surface area contributed by atoms with Gasteiger partial charge in [0.1, 0.15) is 30.0 Å². The SMILES string of the molecule is Cn1ncc(C(=O)OCCNc2ncnc3ccccc23)c1C(F)F. The third kappa shape index (κ3) is 3.54. The van der Waals surface area contributed by atoms with Gasteiger partial charge < -0.3 is 10.1 Å². The first-order valence-electron chi connectivity index (χ1n) is 7.48. The van der Waals surface area contributed by atoms with E-state index in [1.54, 1.807) is 0 Å². The number of fused-ring (bicyclic) bond motifs is 1. The molecule has 1 N–H and O–H groups in total. The monoisotopic (exact) mass is 347 g/mol. The molecule has 3 rings (SSSR count). The van der Waals surface area contributed by atoms with E-state index < -0.39 is 18.1 Å². The normalized spacial score (nSPS) is 11.0. The van der Waals surface area contributed by atoms with Crippen molar-refractivity contribution in [3.8, 4) is 0 Å². The lowest BCUT2D eigenvalue weighted by Gasteiger charge is -2.09. The summed E-state index contributed by atoms with van der Waals surface area (Å²) in [5.74, 6) is -0.228. The van der Waals surface area contributed by atoms with Crippen LogP contribution < -0.4 is 5.32 Å². The Kier molecular flexibility index (Phi) is 4.82. The van der Waals surface area contributed by atoms with Gasteiger partial charge in [0.05, 0.1) is 18.3 Å². The first kappa shape index (κ1) is 16.7. The Hall–Kier alpha value is -3.10. The molecule has 0 amide bonds. The number of hydrogen-bond donors (Lipinski definition) is 1. The van der Waals surface area contributed by atoms with Crippen molar-refractivity contribution in [1.29, 1.82) is 0 Å². The van der Waals surface area contributed by atoms with E-state index in [1.807, 2.05) is 24.3 Å². The quantitative estimate of drug-likeness (QED) is 0.545. The van der Waals surface area contributed by atoms with E-state index >= 15 is 0 Å². The van der Waals surface area contributed by atoms with Crippen LogP contribution >= 0.6 is 0 Å². The minimum atomic E-state index is -2.81. The van der Waals surface area contributed by atoms with Crippen molar-refractivity contribution in [2.45, 2.75) is 6.43 Å². The standard InChI is InChI=1S/C16H15F2N5O2/c1-23-13(14(17)18)11(8-22-23)16(24)25-7-6-19-15-10-4-2-3-5-12(10)20-9-21-15/h2-5,8-9,14H,6-7H2,1H3,(H,19,20,21). The van der Waals surface area contributed by atoms with E-state index in [2.05, 4.69) is 20.4 Å². The highest BCUT2D eigenvalue weighted by Gasteiger charge is 2.24. The van der Waals surface area contributed by atoms with Crippen molar-refractivity contribution in [2.24, 2.45) is 7.05 Å². The van der Waals surface area contributed by atoms with Gasteiger partial charge in [0, 0.05) is 12.4 Å². The molecule has 2 heterocycles. The van der Waals surface area contributed by atoms with Crippen LogP contribution in [0.2, 0.25) is 0 Å². The van der Waals surface area contributed by atoms with E-state index in [-0.39, 0.29) is 18.7 Å². The van der Waals surface area contributed by atoms with Crippen LogP contribution in [-0.4, -0.2) is 38.9 Å². The lowest BCUT2D eigenvalue weighted by atomic mass is 10.2. The van der Waals surface area contributed by atoms with Gasteiger partial charge in [-0.2, -0.15) is 5.10 Å². The summed E-state index contributed by atoms with van der Waals surface area (Å²) in [5, 5.41) is 7.55. The van der Waals surface area contributed by atoms with Crippen LogP contribution in [0.1, 0.15) is 22.5 Å². The summed E-state index contributed by atoms with van der Waals surface area (Å²) in [6.45, 7) is 0.270. The van der Waals surface area contributed by atoms with Crippen LogP contribution in [0.25, 0.3) is 10.9 Å². The highest BCUT2D eigenvalue weighted by molar-refractivity contribution is 5.90. The Balaban J connectivity index is 1.59. The molecule has 0 aliphatic carbocycles. The second kappa shape index (κ2) is 7.20. The molecule has 0 unspecified atom stereocenters. The van der Waals surface area contributed by atoms with E-state index in [9.17, 15) is 13.6 Å². The molecule has 0 fully saturated rings. The van der Waals surface area contributed by atoms with E-state index in [0.717, 1.165) is 21.8 Å². The summed E-state index contributed by atoms with van der Waals surface area (Å²) < 4.78 is 31.9. The first-order chi connectivity index (χ1) is 12.1. The van der Waals surface area contributed by atoms with Crippen molar-refractivity contribution in [3.05, 3.63) is 48.0 Å². The van der Waals surface area contributed by atoms with Gasteiger partial charge in [-0.1, -0.05) is 12.1 Å². The number of para-hydroxylation sites is 1. The zero-order chi connectivity index (χ0) is 17.8. The fraction of sp³-hybridized carbons (Fsp3) is 0.250. The molecule has 0 atom stereocenters. The Morgan fingerprint density at radius 1 is 1.32 bits per heavy atom. The van der Waals surface area contributed by atoms with Crippen molar-refractivity contribution in [2.75, 3.05) is 18.5 Å². The Bertz CT molecular complexity index is 892. The van der Waals surface area contributed by atoms with Crippen LogP contribution in [0, 0.1) is 0 Å². The minimum absolute atomic E-state index is 0.00522. The van der Waals surface area contributed by atoms with Crippen molar-refractivity contribution >= 4 is 22.7 Å². The number of hydrogen-bond acceptors (Lipinski definition) is 6. The Labute approximate surface area is 141 Å². The number of carbonyl (C=O) groups is 1. The summed E-state index contributed by atoms with van der Waals surface area (Å²) >= 11 is 0. The molecule has 3 aromatic rings. The maximum atomic E-state index is 12.9. The maximum absolute atomic E-state index is 12.9. The van der Waals surface area contributed by atoms with Gasteiger partial charge in [0.2, 0.25) is 0 Å². The molecule has 2 aromatic heterocycles. The molecule has 0 bridgehead atoms. The van der Waals surface area contributed by atoms with E-state index in [0.29, 0.717) is 5.82 Å². The third-order valence-electron chi connectivity index (χ3n) is 3.58. The smallest absolute Gasteiger partial charge is 0.341 e. The average Bonchev–Trinajstić information content (AvgIpc) is 3.00. The second-order valence-corrected chi connectivity index (χ2v) is 5.17. The number of carbonyl (C=O) groups excluding carboxylic acids is 1. The number of halogens is 2. The minimum Gasteiger partial charge on any atom is -0.460 e. The fourth-order valence-electron chi connectivity index (χ4n) is 2.40. The Morgan fingerprint density at radius 3 is 2.92 bits per heavy atom. The van der Waals surface area contributed by atoms with E-state index in [4.69, 9.17) is 4.74 Å². The van der Waals surface area contributed by atoms with Crippen molar-refractivity contribution in [1.82, 2.24) is 19.7 Å². The fourth-order valence-corrected chi connectivity index (χ4v) is 2.40. The number of ether oxygens (including phenoxy) is 1. The predicted octanol–water partition coefficient (Wildman–Crippen LogP) is 2.57. The zero-order valence-electron chi connectivity index (χ0n) is 13.3. The number of esters is 1. The number of alkyl halides is 2. The second-order valence-electron chi connectivity index (χ2n) is 5.17. The first-order valence-corrected chi connectivity index (χ1v) is 7.48. The summed E-state index contributed by atoms with van der Waals surface area (Å²) in [7, 11) is 1.35. The summed E-state index contributed by atoms with van der Waals surface area (Å²) in [6.07, 6.45) is -0.295. The van der Waals surface area contributed by atoms with E-state index in [1.165, 1.54) is 13.4 Å². The predicted molar refractivity (Wildman–Crippen MR) is 86.5 cm³/mol. The lowest BCUT2D eigenvalue weighted by Crippen LogP contribution is -2.16. The largest absolute Gasteiger partial charge is 0.460 e. The molecular weight excluding hydrogens is 332 g/mol. The number of nitrogens with one attached hydrogen (secondary N) is 1. The topological polar surface area (TPSA) is 81.9 Å². The van der Waals surface area contributed by atoms with Crippen LogP contribution in [0.5, 0.6) is 0 Å². The summed E-state index contributed by atoms with van der Waals surface area (Å²) in [5.41, 5.74) is 0.0960. The van der Waals surface area contributed by atoms with Gasteiger partial charge >= 0.3 is 5.97 Å². The molecule has 7 nitrogen and oxygen atoms in total. The van der Waals surface area contributed by atoms with Crippen LogP contribution in [0.15, 0.2) is 36.8 Å². The van der Waals surface area contributed by atoms with Gasteiger partial charge in [-0.15, -0.1) is 0 Å². The molecule has 25 heavy (non-hydrogen) atoms.